The van der Waals surface area contributed by atoms with Crippen LogP contribution < -0.4 is 10.2 Å². The predicted octanol–water partition coefficient (Wildman–Crippen LogP) is 3.74. The number of nitrogens with zero attached hydrogens (tertiary/aromatic N) is 1. The fraction of sp³-hybridized carbons (Fsp3) is 0.278. The van der Waals surface area contributed by atoms with E-state index in [2.05, 4.69) is 22.3 Å². The largest absolute Gasteiger partial charge is 0.371 e. The van der Waals surface area contributed by atoms with Gasteiger partial charge in [0.15, 0.2) is 0 Å². The number of benzene rings is 2. The third-order valence-electron chi connectivity index (χ3n) is 4.13. The van der Waals surface area contributed by atoms with Crippen molar-refractivity contribution in [3.8, 4) is 0 Å². The maximum atomic E-state index is 13.0. The summed E-state index contributed by atoms with van der Waals surface area (Å²) in [7, 11) is 0. The number of para-hydroxylation sites is 1. The van der Waals surface area contributed by atoms with E-state index in [0.29, 0.717) is 18.0 Å². The molecule has 1 heterocycles. The Bertz CT molecular complexity index is 693. The molecule has 1 aliphatic rings. The third kappa shape index (κ3) is 3.82. The minimum atomic E-state index is -0.444. The van der Waals surface area contributed by atoms with Gasteiger partial charge in [-0.1, -0.05) is 29.8 Å². The van der Waals surface area contributed by atoms with Crippen LogP contribution in [0.4, 0.5) is 10.1 Å². The standard InChI is InChI=1S/C18H18ClFN2O/c19-17-10-14(20)6-7-16(17)18(23)21-11-13-8-9-22(12-13)15-4-2-1-3-5-15/h1-7,10,13H,8-9,11-12H2,(H,21,23). The van der Waals surface area contributed by atoms with Gasteiger partial charge in [0.05, 0.1) is 10.6 Å². The van der Waals surface area contributed by atoms with Crippen LogP contribution in [0.5, 0.6) is 0 Å². The predicted molar refractivity (Wildman–Crippen MR) is 90.5 cm³/mol. The molecule has 0 aliphatic carbocycles. The number of nitrogens with one attached hydrogen (secondary N) is 1. The van der Waals surface area contributed by atoms with E-state index in [1.165, 1.54) is 17.8 Å². The third-order valence-corrected chi connectivity index (χ3v) is 4.45. The average Bonchev–Trinajstić information content (AvgIpc) is 3.02. The lowest BCUT2D eigenvalue weighted by atomic mass is 10.1. The van der Waals surface area contributed by atoms with Crippen LogP contribution in [0, 0.1) is 11.7 Å². The zero-order valence-electron chi connectivity index (χ0n) is 12.6. The summed E-state index contributed by atoms with van der Waals surface area (Å²) in [6.07, 6.45) is 1.03. The molecule has 3 nitrogen and oxygen atoms in total. The Labute approximate surface area is 140 Å². The lowest BCUT2D eigenvalue weighted by Gasteiger charge is -2.18. The summed E-state index contributed by atoms with van der Waals surface area (Å²) < 4.78 is 13.0. The molecule has 1 N–H and O–H groups in total. The van der Waals surface area contributed by atoms with Crippen molar-refractivity contribution in [3.05, 3.63) is 64.9 Å². The topological polar surface area (TPSA) is 32.3 Å². The summed E-state index contributed by atoms with van der Waals surface area (Å²) in [5, 5.41) is 3.04. The number of carbonyl (C=O) groups excluding carboxylic acids is 1. The molecule has 1 unspecified atom stereocenters. The van der Waals surface area contributed by atoms with Crippen LogP contribution >= 0.6 is 11.6 Å². The van der Waals surface area contributed by atoms with Crippen LogP contribution in [0.15, 0.2) is 48.5 Å². The van der Waals surface area contributed by atoms with Crippen LogP contribution in [-0.2, 0) is 0 Å². The van der Waals surface area contributed by atoms with E-state index < -0.39 is 5.82 Å². The molecule has 3 rings (SSSR count). The minimum absolute atomic E-state index is 0.139. The maximum absolute atomic E-state index is 13.0. The average molecular weight is 333 g/mol. The van der Waals surface area contributed by atoms with Crippen LogP contribution in [0.1, 0.15) is 16.8 Å². The first-order chi connectivity index (χ1) is 11.1. The van der Waals surface area contributed by atoms with Crippen molar-refractivity contribution in [2.45, 2.75) is 6.42 Å². The van der Waals surface area contributed by atoms with Crippen molar-refractivity contribution >= 4 is 23.2 Å². The lowest BCUT2D eigenvalue weighted by Crippen LogP contribution is -2.31. The molecule has 1 fully saturated rings. The molecule has 1 atom stereocenters. The van der Waals surface area contributed by atoms with Crippen LogP contribution in [0.25, 0.3) is 0 Å². The highest BCUT2D eigenvalue weighted by atomic mass is 35.5. The molecule has 5 heteroatoms. The molecule has 0 radical (unpaired) electrons. The van der Waals surface area contributed by atoms with Gasteiger partial charge in [-0.05, 0) is 42.7 Å². The van der Waals surface area contributed by atoms with E-state index >= 15 is 0 Å². The molecule has 1 saturated heterocycles. The monoisotopic (exact) mass is 332 g/mol. The lowest BCUT2D eigenvalue weighted by molar-refractivity contribution is 0.0948. The number of rotatable bonds is 4. The first-order valence-corrected chi connectivity index (χ1v) is 8.04. The fourth-order valence-corrected chi connectivity index (χ4v) is 3.13. The number of amides is 1. The van der Waals surface area contributed by atoms with Gasteiger partial charge < -0.3 is 10.2 Å². The Morgan fingerprint density at radius 2 is 2.04 bits per heavy atom. The van der Waals surface area contributed by atoms with E-state index in [1.807, 2.05) is 18.2 Å². The van der Waals surface area contributed by atoms with Crippen molar-refractivity contribution in [2.24, 2.45) is 5.92 Å². The van der Waals surface area contributed by atoms with Crippen molar-refractivity contribution in [1.82, 2.24) is 5.32 Å². The number of anilines is 1. The quantitative estimate of drug-likeness (QED) is 0.925. The van der Waals surface area contributed by atoms with Crippen LogP contribution in [0.3, 0.4) is 0 Å². The Morgan fingerprint density at radius 3 is 2.78 bits per heavy atom. The number of hydrogen-bond acceptors (Lipinski definition) is 2. The van der Waals surface area contributed by atoms with Crippen molar-refractivity contribution in [3.63, 3.8) is 0 Å². The van der Waals surface area contributed by atoms with Gasteiger partial charge in [-0.25, -0.2) is 4.39 Å². The second kappa shape index (κ2) is 7.01. The van der Waals surface area contributed by atoms with E-state index in [0.717, 1.165) is 25.6 Å². The van der Waals surface area contributed by atoms with Gasteiger partial charge in [0.2, 0.25) is 0 Å². The molecule has 23 heavy (non-hydrogen) atoms. The Kier molecular flexibility index (Phi) is 4.82. The molecular weight excluding hydrogens is 315 g/mol. The smallest absolute Gasteiger partial charge is 0.252 e. The SMILES string of the molecule is O=C(NCC1CCN(c2ccccc2)C1)c1ccc(F)cc1Cl. The molecule has 0 saturated carbocycles. The van der Waals surface area contributed by atoms with E-state index in [1.54, 1.807) is 0 Å². The summed E-state index contributed by atoms with van der Waals surface area (Å²) in [6.45, 7) is 2.50. The van der Waals surface area contributed by atoms with Crippen LogP contribution in [0.2, 0.25) is 5.02 Å². The zero-order valence-corrected chi connectivity index (χ0v) is 13.4. The second-order valence-electron chi connectivity index (χ2n) is 5.77. The Balaban J connectivity index is 1.54. The van der Waals surface area contributed by atoms with Gasteiger partial charge in [-0.3, -0.25) is 4.79 Å². The summed E-state index contributed by atoms with van der Waals surface area (Å²) in [5.74, 6) is -0.299. The molecule has 1 aliphatic heterocycles. The highest BCUT2D eigenvalue weighted by Crippen LogP contribution is 2.23. The molecular formula is C18H18ClFN2O. The molecule has 0 aromatic heterocycles. The number of hydrogen-bond donors (Lipinski definition) is 1. The molecule has 1 amide bonds. The fourth-order valence-electron chi connectivity index (χ4n) is 2.88. The molecule has 2 aromatic carbocycles. The highest BCUT2D eigenvalue weighted by molar-refractivity contribution is 6.33. The van der Waals surface area contributed by atoms with Gasteiger partial charge in [0, 0.05) is 25.3 Å². The molecule has 0 spiro atoms. The Hall–Kier alpha value is -2.07. The summed E-state index contributed by atoms with van der Waals surface area (Å²) in [6, 6.07) is 14.1. The van der Waals surface area contributed by atoms with Crippen molar-refractivity contribution in [2.75, 3.05) is 24.5 Å². The Morgan fingerprint density at radius 1 is 1.26 bits per heavy atom. The highest BCUT2D eigenvalue weighted by Gasteiger charge is 2.23. The summed E-state index contributed by atoms with van der Waals surface area (Å²) >= 11 is 5.91. The second-order valence-corrected chi connectivity index (χ2v) is 6.18. The minimum Gasteiger partial charge on any atom is -0.371 e. The molecule has 120 valence electrons. The first kappa shape index (κ1) is 15.8. The van der Waals surface area contributed by atoms with E-state index in [4.69, 9.17) is 11.6 Å². The van der Waals surface area contributed by atoms with Crippen molar-refractivity contribution < 1.29 is 9.18 Å². The van der Waals surface area contributed by atoms with Gasteiger partial charge in [-0.15, -0.1) is 0 Å². The van der Waals surface area contributed by atoms with E-state index in [9.17, 15) is 9.18 Å². The van der Waals surface area contributed by atoms with Gasteiger partial charge in [-0.2, -0.15) is 0 Å². The van der Waals surface area contributed by atoms with Crippen LogP contribution in [-0.4, -0.2) is 25.5 Å². The first-order valence-electron chi connectivity index (χ1n) is 7.67. The summed E-state index contributed by atoms with van der Waals surface area (Å²) in [5.41, 5.74) is 1.52. The van der Waals surface area contributed by atoms with E-state index in [-0.39, 0.29) is 10.9 Å². The maximum Gasteiger partial charge on any atom is 0.252 e. The number of carbonyl (C=O) groups is 1. The van der Waals surface area contributed by atoms with Gasteiger partial charge >= 0.3 is 0 Å². The van der Waals surface area contributed by atoms with Gasteiger partial charge in [0.25, 0.3) is 5.91 Å². The summed E-state index contributed by atoms with van der Waals surface area (Å²) in [4.78, 5) is 14.5. The number of halogens is 2. The normalized spacial score (nSPS) is 17.3. The zero-order chi connectivity index (χ0) is 16.2. The van der Waals surface area contributed by atoms with Crippen molar-refractivity contribution in [1.29, 1.82) is 0 Å². The van der Waals surface area contributed by atoms with Gasteiger partial charge in [0.1, 0.15) is 5.82 Å². The molecule has 2 aromatic rings. The molecule has 0 bridgehead atoms.